The van der Waals surface area contributed by atoms with Gasteiger partial charge >= 0.3 is 12.2 Å². The lowest BCUT2D eigenvalue weighted by atomic mass is 10.0. The highest BCUT2D eigenvalue weighted by Crippen LogP contribution is 2.40. The van der Waals surface area contributed by atoms with E-state index >= 15 is 0 Å². The molecular formula is C26H18Cl3F3N4O2. The normalized spacial score (nSPS) is 15.1. The molecule has 196 valence electrons. The molecule has 12 heteroatoms. The molecule has 1 aliphatic heterocycles. The molecule has 0 aliphatic carbocycles. The van der Waals surface area contributed by atoms with E-state index in [0.717, 1.165) is 12.1 Å². The van der Waals surface area contributed by atoms with Gasteiger partial charge in [0.15, 0.2) is 0 Å². The Kier molecular flexibility index (Phi) is 7.28. The van der Waals surface area contributed by atoms with Crippen molar-refractivity contribution < 1.29 is 22.8 Å². The van der Waals surface area contributed by atoms with Crippen molar-refractivity contribution in [1.82, 2.24) is 4.90 Å². The molecule has 3 aromatic carbocycles. The SMILES string of the molecule is CC1(C)C(=O)N(c2ccc(C#N)c(C(F)(F)F)c2)C(=O)N1Cc1cc(Cl)cc(Cl)c1Nc1ccc(Cl)cc1. The Hall–Kier alpha value is -3.45. The van der Waals surface area contributed by atoms with Crippen LogP contribution in [0.15, 0.2) is 54.6 Å². The molecule has 0 saturated carbocycles. The molecule has 0 unspecified atom stereocenters. The van der Waals surface area contributed by atoms with Crippen molar-refractivity contribution in [3.05, 3.63) is 86.4 Å². The van der Waals surface area contributed by atoms with Gasteiger partial charge in [0.25, 0.3) is 5.91 Å². The van der Waals surface area contributed by atoms with Crippen molar-refractivity contribution in [3.63, 3.8) is 0 Å². The Morgan fingerprint density at radius 1 is 0.974 bits per heavy atom. The number of benzene rings is 3. The van der Waals surface area contributed by atoms with Crippen LogP contribution in [0.5, 0.6) is 0 Å². The highest BCUT2D eigenvalue weighted by Gasteiger charge is 2.52. The minimum Gasteiger partial charge on any atom is -0.354 e. The number of alkyl halides is 3. The summed E-state index contributed by atoms with van der Waals surface area (Å²) >= 11 is 18.7. The second kappa shape index (κ2) is 10.0. The van der Waals surface area contributed by atoms with Crippen LogP contribution in [-0.4, -0.2) is 22.4 Å². The van der Waals surface area contributed by atoms with Crippen LogP contribution in [0.25, 0.3) is 0 Å². The van der Waals surface area contributed by atoms with Crippen LogP contribution in [0, 0.1) is 11.3 Å². The number of nitriles is 1. The third-order valence-corrected chi connectivity index (χ3v) is 6.86. The summed E-state index contributed by atoms with van der Waals surface area (Å²) in [5.41, 5.74) is -2.08. The molecule has 6 nitrogen and oxygen atoms in total. The van der Waals surface area contributed by atoms with Gasteiger partial charge < -0.3 is 10.2 Å². The zero-order chi connectivity index (χ0) is 28.0. The molecule has 0 radical (unpaired) electrons. The van der Waals surface area contributed by atoms with E-state index in [0.29, 0.717) is 32.9 Å². The summed E-state index contributed by atoms with van der Waals surface area (Å²) in [4.78, 5) is 28.7. The summed E-state index contributed by atoms with van der Waals surface area (Å²) in [6.07, 6.45) is -4.86. The van der Waals surface area contributed by atoms with Gasteiger partial charge in [-0.05, 0) is 74.0 Å². The first-order valence-corrected chi connectivity index (χ1v) is 12.2. The van der Waals surface area contributed by atoms with Crippen LogP contribution in [0.1, 0.15) is 30.5 Å². The van der Waals surface area contributed by atoms with E-state index in [4.69, 9.17) is 40.1 Å². The smallest absolute Gasteiger partial charge is 0.354 e. The lowest BCUT2D eigenvalue weighted by molar-refractivity contribution is -0.137. The number of nitrogens with one attached hydrogen (secondary N) is 1. The van der Waals surface area contributed by atoms with E-state index in [2.05, 4.69) is 5.32 Å². The van der Waals surface area contributed by atoms with Crippen molar-refractivity contribution in [3.8, 4) is 6.07 Å². The maximum atomic E-state index is 13.5. The van der Waals surface area contributed by atoms with Crippen LogP contribution in [0.4, 0.5) is 35.0 Å². The first kappa shape index (κ1) is 27.6. The molecule has 1 aliphatic rings. The Labute approximate surface area is 231 Å². The van der Waals surface area contributed by atoms with Gasteiger partial charge in [0.2, 0.25) is 0 Å². The molecule has 0 atom stereocenters. The number of urea groups is 1. The number of imide groups is 1. The maximum absolute atomic E-state index is 13.5. The molecule has 0 spiro atoms. The molecule has 0 bridgehead atoms. The van der Waals surface area contributed by atoms with Crippen LogP contribution in [0.3, 0.4) is 0 Å². The molecule has 38 heavy (non-hydrogen) atoms. The molecular weight excluding hydrogens is 564 g/mol. The van der Waals surface area contributed by atoms with E-state index < -0.39 is 34.8 Å². The highest BCUT2D eigenvalue weighted by molar-refractivity contribution is 6.36. The van der Waals surface area contributed by atoms with Crippen LogP contribution >= 0.6 is 34.8 Å². The predicted octanol–water partition coefficient (Wildman–Crippen LogP) is 8.03. The van der Waals surface area contributed by atoms with Crippen LogP contribution in [0.2, 0.25) is 15.1 Å². The quantitative estimate of drug-likeness (QED) is 0.310. The van der Waals surface area contributed by atoms with Crippen LogP contribution in [-0.2, 0) is 17.5 Å². The topological polar surface area (TPSA) is 76.4 Å². The maximum Gasteiger partial charge on any atom is 0.417 e. The van der Waals surface area contributed by atoms with Crippen molar-refractivity contribution in [2.75, 3.05) is 10.2 Å². The largest absolute Gasteiger partial charge is 0.417 e. The summed E-state index contributed by atoms with van der Waals surface area (Å²) < 4.78 is 40.6. The van der Waals surface area contributed by atoms with Gasteiger partial charge in [0, 0.05) is 15.7 Å². The number of hydrogen-bond donors (Lipinski definition) is 1. The van der Waals surface area contributed by atoms with Gasteiger partial charge in [-0.25, -0.2) is 9.69 Å². The second-order valence-electron chi connectivity index (χ2n) is 8.96. The van der Waals surface area contributed by atoms with E-state index in [1.807, 2.05) is 0 Å². The molecule has 3 aromatic rings. The molecule has 1 heterocycles. The Balaban J connectivity index is 1.73. The fourth-order valence-electron chi connectivity index (χ4n) is 4.07. The van der Waals surface area contributed by atoms with E-state index in [9.17, 15) is 22.8 Å². The average molecular weight is 582 g/mol. The lowest BCUT2D eigenvalue weighted by Gasteiger charge is -2.29. The molecule has 1 fully saturated rings. The summed E-state index contributed by atoms with van der Waals surface area (Å²) in [5, 5.41) is 13.3. The zero-order valence-corrected chi connectivity index (χ0v) is 22.1. The number of anilines is 3. The number of amides is 3. The van der Waals surface area contributed by atoms with Crippen molar-refractivity contribution in [2.24, 2.45) is 0 Å². The zero-order valence-electron chi connectivity index (χ0n) is 19.8. The highest BCUT2D eigenvalue weighted by atomic mass is 35.5. The third kappa shape index (κ3) is 5.12. The predicted molar refractivity (Wildman–Crippen MR) is 140 cm³/mol. The van der Waals surface area contributed by atoms with Gasteiger partial charge in [-0.3, -0.25) is 4.79 Å². The number of hydrogen-bond acceptors (Lipinski definition) is 4. The Bertz CT molecular complexity index is 1480. The fourth-order valence-corrected chi connectivity index (χ4v) is 4.78. The fraction of sp³-hybridized carbons (Fsp3) is 0.192. The standard InChI is InChI=1S/C26H18Cl3F3N4O2/c1-25(2)23(37)36(19-8-3-14(12-33)20(11-19)26(30,31)32)24(38)35(25)13-15-9-17(28)10-21(29)22(15)34-18-6-4-16(27)5-7-18/h3-11,34H,13H2,1-2H3. The Morgan fingerprint density at radius 2 is 1.63 bits per heavy atom. The third-order valence-electron chi connectivity index (χ3n) is 6.09. The summed E-state index contributed by atoms with van der Waals surface area (Å²) in [7, 11) is 0. The molecule has 3 amide bonds. The number of rotatable bonds is 5. The van der Waals surface area contributed by atoms with Crippen LogP contribution < -0.4 is 10.2 Å². The summed E-state index contributed by atoms with van der Waals surface area (Å²) in [6, 6.07) is 13.2. The van der Waals surface area contributed by atoms with Gasteiger partial charge in [-0.1, -0.05) is 34.8 Å². The van der Waals surface area contributed by atoms with Gasteiger partial charge in [-0.15, -0.1) is 0 Å². The van der Waals surface area contributed by atoms with Gasteiger partial charge in [0.1, 0.15) is 5.54 Å². The molecule has 4 rings (SSSR count). The molecule has 1 saturated heterocycles. The van der Waals surface area contributed by atoms with Gasteiger partial charge in [0.05, 0.1) is 40.1 Å². The van der Waals surface area contributed by atoms with Crippen molar-refractivity contribution in [2.45, 2.75) is 32.1 Å². The van der Waals surface area contributed by atoms with E-state index in [-0.39, 0.29) is 22.3 Å². The Morgan fingerprint density at radius 3 is 2.24 bits per heavy atom. The molecule has 0 aromatic heterocycles. The summed E-state index contributed by atoms with van der Waals surface area (Å²) in [5.74, 6) is -0.735. The number of carbonyl (C=O) groups is 2. The number of halogens is 6. The number of carbonyl (C=O) groups excluding carboxylic acids is 2. The van der Waals surface area contributed by atoms with E-state index in [1.165, 1.54) is 30.9 Å². The second-order valence-corrected chi connectivity index (χ2v) is 10.2. The molecule has 1 N–H and O–H groups in total. The number of nitrogens with zero attached hydrogens (tertiary/aromatic N) is 3. The minimum absolute atomic E-state index is 0.146. The first-order chi connectivity index (χ1) is 17.7. The average Bonchev–Trinajstić information content (AvgIpc) is 3.00. The van der Waals surface area contributed by atoms with E-state index in [1.54, 1.807) is 30.3 Å². The minimum atomic E-state index is -4.86. The van der Waals surface area contributed by atoms with Crippen molar-refractivity contribution in [1.29, 1.82) is 5.26 Å². The van der Waals surface area contributed by atoms with Crippen molar-refractivity contribution >= 4 is 63.8 Å². The first-order valence-electron chi connectivity index (χ1n) is 11.0. The monoisotopic (exact) mass is 580 g/mol. The lowest BCUT2D eigenvalue weighted by Crippen LogP contribution is -2.43. The van der Waals surface area contributed by atoms with Gasteiger partial charge in [-0.2, -0.15) is 18.4 Å². The summed E-state index contributed by atoms with van der Waals surface area (Å²) in [6.45, 7) is 2.83.